The highest BCUT2D eigenvalue weighted by Gasteiger charge is 2.03. The number of hydrogen-bond donors (Lipinski definition) is 2. The van der Waals surface area contributed by atoms with Gasteiger partial charge in [-0.05, 0) is 44.3 Å². The number of nitrogens with zero attached hydrogens (tertiary/aromatic N) is 1. The van der Waals surface area contributed by atoms with Crippen LogP contribution in [0.5, 0.6) is 0 Å². The third-order valence-electron chi connectivity index (χ3n) is 2.17. The number of rotatable bonds is 5. The Kier molecular flexibility index (Phi) is 5.03. The Morgan fingerprint density at radius 2 is 2.00 bits per heavy atom. The number of amides is 1. The molecule has 0 aliphatic heterocycles. The molecule has 0 aliphatic carbocycles. The third-order valence-corrected chi connectivity index (χ3v) is 2.17. The van der Waals surface area contributed by atoms with Crippen molar-refractivity contribution in [2.24, 2.45) is 0 Å². The van der Waals surface area contributed by atoms with Gasteiger partial charge in [0.05, 0.1) is 11.6 Å². The summed E-state index contributed by atoms with van der Waals surface area (Å²) in [6.07, 6.45) is 0.901. The number of benzene rings is 1. The molecule has 0 radical (unpaired) electrons. The molecule has 1 rings (SSSR count). The maximum Gasteiger partial charge on any atom is 0.251 e. The lowest BCUT2D eigenvalue weighted by atomic mass is 10.1. The van der Waals surface area contributed by atoms with Crippen LogP contribution < -0.4 is 10.6 Å². The fourth-order valence-corrected chi connectivity index (χ4v) is 1.27. The lowest BCUT2D eigenvalue weighted by Crippen LogP contribution is -2.26. The lowest BCUT2D eigenvalue weighted by molar-refractivity contribution is 0.0953. The van der Waals surface area contributed by atoms with E-state index in [4.69, 9.17) is 5.26 Å². The van der Waals surface area contributed by atoms with E-state index >= 15 is 0 Å². The van der Waals surface area contributed by atoms with Gasteiger partial charge in [-0.3, -0.25) is 4.79 Å². The molecule has 0 heterocycles. The summed E-state index contributed by atoms with van der Waals surface area (Å²) in [5.41, 5.74) is 1.15. The number of hydrogen-bond acceptors (Lipinski definition) is 3. The van der Waals surface area contributed by atoms with Gasteiger partial charge < -0.3 is 10.6 Å². The molecular weight excluding hydrogens is 202 g/mol. The second kappa shape index (κ2) is 6.59. The summed E-state index contributed by atoms with van der Waals surface area (Å²) < 4.78 is 0. The van der Waals surface area contributed by atoms with Crippen molar-refractivity contribution in [3.05, 3.63) is 35.4 Å². The highest BCUT2D eigenvalue weighted by molar-refractivity contribution is 5.94. The molecular formula is C12H15N3O. The Morgan fingerprint density at radius 3 is 2.56 bits per heavy atom. The molecule has 1 aromatic carbocycles. The van der Waals surface area contributed by atoms with Crippen molar-refractivity contribution in [2.45, 2.75) is 6.42 Å². The van der Waals surface area contributed by atoms with E-state index in [0.29, 0.717) is 17.7 Å². The molecule has 0 atom stereocenters. The average Bonchev–Trinajstić information content (AvgIpc) is 2.34. The minimum Gasteiger partial charge on any atom is -0.352 e. The van der Waals surface area contributed by atoms with E-state index in [1.54, 1.807) is 24.3 Å². The maximum absolute atomic E-state index is 11.6. The molecule has 4 heteroatoms. The molecule has 1 amide bonds. The molecule has 0 aliphatic rings. The summed E-state index contributed by atoms with van der Waals surface area (Å²) in [4.78, 5) is 11.6. The van der Waals surface area contributed by atoms with E-state index in [0.717, 1.165) is 13.0 Å². The molecule has 0 aromatic heterocycles. The Balaban J connectivity index is 2.44. The van der Waals surface area contributed by atoms with Gasteiger partial charge in [0.1, 0.15) is 0 Å². The van der Waals surface area contributed by atoms with Crippen molar-refractivity contribution in [2.75, 3.05) is 20.1 Å². The van der Waals surface area contributed by atoms with E-state index in [-0.39, 0.29) is 5.91 Å². The minimum absolute atomic E-state index is 0.0967. The van der Waals surface area contributed by atoms with Gasteiger partial charge >= 0.3 is 0 Å². The van der Waals surface area contributed by atoms with Crippen molar-refractivity contribution < 1.29 is 4.79 Å². The van der Waals surface area contributed by atoms with Crippen LogP contribution in [-0.4, -0.2) is 26.0 Å². The first-order valence-electron chi connectivity index (χ1n) is 5.21. The van der Waals surface area contributed by atoms with E-state index in [1.807, 2.05) is 13.1 Å². The van der Waals surface area contributed by atoms with Crippen LogP contribution in [0.25, 0.3) is 0 Å². The average molecular weight is 217 g/mol. The molecule has 84 valence electrons. The van der Waals surface area contributed by atoms with Crippen LogP contribution in [0, 0.1) is 11.3 Å². The Morgan fingerprint density at radius 1 is 1.31 bits per heavy atom. The van der Waals surface area contributed by atoms with Gasteiger partial charge in [-0.15, -0.1) is 0 Å². The second-order valence-electron chi connectivity index (χ2n) is 3.40. The zero-order valence-electron chi connectivity index (χ0n) is 9.29. The third kappa shape index (κ3) is 3.71. The topological polar surface area (TPSA) is 64.9 Å². The first-order chi connectivity index (χ1) is 7.77. The fourth-order valence-electron chi connectivity index (χ4n) is 1.27. The predicted octanol–water partition coefficient (Wildman–Crippen LogP) is 0.898. The second-order valence-corrected chi connectivity index (χ2v) is 3.40. The first-order valence-corrected chi connectivity index (χ1v) is 5.21. The number of nitriles is 1. The summed E-state index contributed by atoms with van der Waals surface area (Å²) in [6, 6.07) is 8.61. The molecule has 0 spiro atoms. The van der Waals surface area contributed by atoms with Gasteiger partial charge in [0, 0.05) is 12.1 Å². The minimum atomic E-state index is -0.0967. The quantitative estimate of drug-likeness (QED) is 0.720. The largest absolute Gasteiger partial charge is 0.352 e. The highest BCUT2D eigenvalue weighted by atomic mass is 16.1. The molecule has 0 fully saturated rings. The number of nitrogens with one attached hydrogen (secondary N) is 2. The Bertz CT molecular complexity index is 378. The van der Waals surface area contributed by atoms with Crippen molar-refractivity contribution in [3.63, 3.8) is 0 Å². The SMILES string of the molecule is CNCCCNC(=O)c1ccc(C#N)cc1. The van der Waals surface area contributed by atoms with Crippen molar-refractivity contribution in [3.8, 4) is 6.07 Å². The Labute approximate surface area is 95.3 Å². The molecule has 2 N–H and O–H groups in total. The summed E-state index contributed by atoms with van der Waals surface area (Å²) >= 11 is 0. The van der Waals surface area contributed by atoms with Crippen molar-refractivity contribution in [1.29, 1.82) is 5.26 Å². The zero-order valence-corrected chi connectivity index (χ0v) is 9.29. The van der Waals surface area contributed by atoms with E-state index < -0.39 is 0 Å². The summed E-state index contributed by atoms with van der Waals surface area (Å²) in [5.74, 6) is -0.0967. The van der Waals surface area contributed by atoms with Gasteiger partial charge in [0.2, 0.25) is 0 Å². The number of carbonyl (C=O) groups is 1. The van der Waals surface area contributed by atoms with Crippen LogP contribution >= 0.6 is 0 Å². The predicted molar refractivity (Wildman–Crippen MR) is 62.0 cm³/mol. The number of carbonyl (C=O) groups excluding carboxylic acids is 1. The maximum atomic E-state index is 11.6. The summed E-state index contributed by atoms with van der Waals surface area (Å²) in [5, 5.41) is 14.4. The zero-order chi connectivity index (χ0) is 11.8. The molecule has 0 saturated heterocycles. The van der Waals surface area contributed by atoms with Gasteiger partial charge in [-0.2, -0.15) is 5.26 Å². The van der Waals surface area contributed by atoms with Crippen LogP contribution in [0.2, 0.25) is 0 Å². The van der Waals surface area contributed by atoms with Gasteiger partial charge in [-0.1, -0.05) is 0 Å². The van der Waals surface area contributed by atoms with Crippen LogP contribution in [0.4, 0.5) is 0 Å². The van der Waals surface area contributed by atoms with Crippen LogP contribution in [0.3, 0.4) is 0 Å². The normalized spacial score (nSPS) is 9.50. The van der Waals surface area contributed by atoms with Crippen LogP contribution in [0.15, 0.2) is 24.3 Å². The molecule has 16 heavy (non-hydrogen) atoms. The molecule has 0 bridgehead atoms. The van der Waals surface area contributed by atoms with Crippen LogP contribution in [-0.2, 0) is 0 Å². The highest BCUT2D eigenvalue weighted by Crippen LogP contribution is 2.02. The van der Waals surface area contributed by atoms with E-state index in [1.165, 1.54) is 0 Å². The van der Waals surface area contributed by atoms with Crippen molar-refractivity contribution >= 4 is 5.91 Å². The standard InChI is InChI=1S/C12H15N3O/c1-14-7-2-8-15-12(16)11-5-3-10(9-13)4-6-11/h3-6,14H,2,7-8H2,1H3,(H,15,16). The smallest absolute Gasteiger partial charge is 0.251 e. The molecule has 4 nitrogen and oxygen atoms in total. The summed E-state index contributed by atoms with van der Waals surface area (Å²) in [6.45, 7) is 1.54. The van der Waals surface area contributed by atoms with Crippen LogP contribution in [0.1, 0.15) is 22.3 Å². The Hall–Kier alpha value is -1.86. The first kappa shape index (κ1) is 12.2. The molecule has 0 saturated carbocycles. The fraction of sp³-hybridized carbons (Fsp3) is 0.333. The van der Waals surface area contributed by atoms with E-state index in [2.05, 4.69) is 10.6 Å². The molecule has 1 aromatic rings. The molecule has 0 unspecified atom stereocenters. The van der Waals surface area contributed by atoms with Gasteiger partial charge in [0.15, 0.2) is 0 Å². The summed E-state index contributed by atoms with van der Waals surface area (Å²) in [7, 11) is 1.88. The lowest BCUT2D eigenvalue weighted by Gasteiger charge is -2.04. The van der Waals surface area contributed by atoms with Crippen molar-refractivity contribution in [1.82, 2.24) is 10.6 Å². The van der Waals surface area contributed by atoms with Gasteiger partial charge in [0.25, 0.3) is 5.91 Å². The van der Waals surface area contributed by atoms with E-state index in [9.17, 15) is 4.79 Å². The monoisotopic (exact) mass is 217 g/mol. The van der Waals surface area contributed by atoms with Gasteiger partial charge in [-0.25, -0.2) is 0 Å².